The molecule has 0 saturated carbocycles. The van der Waals surface area contributed by atoms with Crippen LogP contribution in [0.1, 0.15) is 0 Å². The Morgan fingerprint density at radius 1 is 1.18 bits per heavy atom. The molecule has 0 atom stereocenters. The van der Waals surface area contributed by atoms with Crippen molar-refractivity contribution >= 4 is 40.5 Å². The Morgan fingerprint density at radius 3 is 2.29 bits per heavy atom. The summed E-state index contributed by atoms with van der Waals surface area (Å²) in [7, 11) is 0. The third-order valence-electron chi connectivity index (χ3n) is 1.77. The Labute approximate surface area is 109 Å². The van der Waals surface area contributed by atoms with Crippen molar-refractivity contribution in [3.63, 3.8) is 0 Å². The number of nitrogen functional groups attached to an aromatic ring is 1. The van der Waals surface area contributed by atoms with Crippen molar-refractivity contribution in [2.75, 3.05) is 12.0 Å². The van der Waals surface area contributed by atoms with Crippen LogP contribution in [0.2, 0.25) is 0 Å². The molecule has 90 valence electrons. The lowest BCUT2D eigenvalue weighted by atomic mass is 10.3. The number of anilines is 1. The quantitative estimate of drug-likeness (QED) is 0.695. The minimum absolute atomic E-state index is 0.0615. The predicted octanol–water partition coefficient (Wildman–Crippen LogP) is 3.27. The standard InChI is InChI=1S/C9H7F2N3S3/c1-15-8-13-14-9(17-8)16-7-5(10)2-4(12)3-6(7)11/h2-3H,12H2,1H3. The maximum Gasteiger partial charge on any atom is 0.180 e. The van der Waals surface area contributed by atoms with E-state index in [4.69, 9.17) is 5.73 Å². The molecule has 0 spiro atoms. The maximum atomic E-state index is 13.5. The van der Waals surface area contributed by atoms with Crippen LogP contribution >= 0.6 is 34.9 Å². The van der Waals surface area contributed by atoms with Crippen LogP contribution in [-0.4, -0.2) is 16.5 Å². The van der Waals surface area contributed by atoms with Gasteiger partial charge in [-0.25, -0.2) is 8.78 Å². The first-order valence-corrected chi connectivity index (χ1v) is 7.26. The van der Waals surface area contributed by atoms with Crippen molar-refractivity contribution in [1.29, 1.82) is 0 Å². The molecular weight excluding hydrogens is 284 g/mol. The van der Waals surface area contributed by atoms with Gasteiger partial charge in [-0.15, -0.1) is 10.2 Å². The molecule has 8 heteroatoms. The molecule has 0 saturated heterocycles. The minimum atomic E-state index is -0.687. The molecule has 0 aliphatic heterocycles. The van der Waals surface area contributed by atoms with E-state index in [-0.39, 0.29) is 10.6 Å². The van der Waals surface area contributed by atoms with E-state index in [0.717, 1.165) is 28.2 Å². The normalized spacial score (nSPS) is 10.8. The number of halogens is 2. The highest BCUT2D eigenvalue weighted by atomic mass is 32.2. The van der Waals surface area contributed by atoms with Crippen LogP contribution in [0.5, 0.6) is 0 Å². The summed E-state index contributed by atoms with van der Waals surface area (Å²) in [4.78, 5) is -0.108. The highest BCUT2D eigenvalue weighted by Crippen LogP contribution is 2.36. The Morgan fingerprint density at radius 2 is 1.76 bits per heavy atom. The second-order valence-corrected chi connectivity index (χ2v) is 6.24. The summed E-state index contributed by atoms with van der Waals surface area (Å²) in [6, 6.07) is 2.17. The van der Waals surface area contributed by atoms with Crippen molar-refractivity contribution in [2.45, 2.75) is 13.6 Å². The molecule has 0 bridgehead atoms. The van der Waals surface area contributed by atoms with Gasteiger partial charge in [-0.3, -0.25) is 0 Å². The van der Waals surface area contributed by atoms with Crippen LogP contribution in [0.3, 0.4) is 0 Å². The van der Waals surface area contributed by atoms with Gasteiger partial charge in [0.1, 0.15) is 11.6 Å². The first-order chi connectivity index (χ1) is 8.10. The molecular formula is C9H7F2N3S3. The summed E-state index contributed by atoms with van der Waals surface area (Å²) in [5.41, 5.74) is 5.39. The van der Waals surface area contributed by atoms with Gasteiger partial charge in [0.2, 0.25) is 0 Å². The first kappa shape index (κ1) is 12.6. The van der Waals surface area contributed by atoms with Crippen molar-refractivity contribution in [3.8, 4) is 0 Å². The zero-order valence-electron chi connectivity index (χ0n) is 8.61. The van der Waals surface area contributed by atoms with E-state index in [2.05, 4.69) is 10.2 Å². The molecule has 2 rings (SSSR count). The fraction of sp³-hybridized carbons (Fsp3) is 0.111. The molecule has 2 N–H and O–H groups in total. The fourth-order valence-electron chi connectivity index (χ4n) is 1.09. The second-order valence-electron chi connectivity index (χ2n) is 2.95. The molecule has 1 aromatic carbocycles. The van der Waals surface area contributed by atoms with Crippen molar-refractivity contribution in [1.82, 2.24) is 10.2 Å². The molecule has 3 nitrogen and oxygen atoms in total. The molecule has 1 aromatic heterocycles. The molecule has 0 aliphatic rings. The molecule has 17 heavy (non-hydrogen) atoms. The van der Waals surface area contributed by atoms with Crippen LogP contribution in [0.15, 0.2) is 25.7 Å². The van der Waals surface area contributed by atoms with Crippen molar-refractivity contribution < 1.29 is 8.78 Å². The Kier molecular flexibility index (Phi) is 3.85. The number of aromatic nitrogens is 2. The van der Waals surface area contributed by atoms with Crippen molar-refractivity contribution in [2.24, 2.45) is 0 Å². The molecule has 2 aromatic rings. The summed E-state index contributed by atoms with van der Waals surface area (Å²) in [5.74, 6) is -1.37. The van der Waals surface area contributed by atoms with E-state index in [9.17, 15) is 8.78 Å². The average Bonchev–Trinajstić information content (AvgIpc) is 2.71. The van der Waals surface area contributed by atoms with Crippen LogP contribution in [-0.2, 0) is 0 Å². The summed E-state index contributed by atoms with van der Waals surface area (Å²) < 4.78 is 28.2. The summed E-state index contributed by atoms with van der Waals surface area (Å²) in [5, 5.41) is 7.68. The third kappa shape index (κ3) is 2.88. The molecule has 0 aliphatic carbocycles. The Balaban J connectivity index is 2.29. The Bertz CT molecular complexity index is 521. The zero-order chi connectivity index (χ0) is 12.4. The number of thioether (sulfide) groups is 1. The van der Waals surface area contributed by atoms with Crippen molar-refractivity contribution in [3.05, 3.63) is 23.8 Å². The average molecular weight is 291 g/mol. The van der Waals surface area contributed by atoms with Gasteiger partial charge in [0.15, 0.2) is 8.68 Å². The number of hydrogen-bond donors (Lipinski definition) is 1. The van der Waals surface area contributed by atoms with Gasteiger partial charge in [0.05, 0.1) is 4.90 Å². The SMILES string of the molecule is CSc1nnc(Sc2c(F)cc(N)cc2F)s1. The predicted molar refractivity (Wildman–Crippen MR) is 66.6 cm³/mol. The topological polar surface area (TPSA) is 51.8 Å². The van der Waals surface area contributed by atoms with Crippen LogP contribution in [0, 0.1) is 11.6 Å². The molecule has 0 unspecified atom stereocenters. The molecule has 0 fully saturated rings. The largest absolute Gasteiger partial charge is 0.399 e. The zero-order valence-corrected chi connectivity index (χ0v) is 11.1. The minimum Gasteiger partial charge on any atom is -0.399 e. The number of rotatable bonds is 3. The maximum absolute atomic E-state index is 13.5. The number of hydrogen-bond acceptors (Lipinski definition) is 6. The lowest BCUT2D eigenvalue weighted by Crippen LogP contribution is -1.92. The Hall–Kier alpha value is -0.860. The number of nitrogens with two attached hydrogens (primary N) is 1. The lowest BCUT2D eigenvalue weighted by Gasteiger charge is -2.02. The van der Waals surface area contributed by atoms with Crippen LogP contribution < -0.4 is 5.73 Å². The summed E-state index contributed by atoms with van der Waals surface area (Å²) >= 11 is 3.64. The van der Waals surface area contributed by atoms with E-state index in [0.29, 0.717) is 4.34 Å². The van der Waals surface area contributed by atoms with E-state index in [1.807, 2.05) is 6.26 Å². The third-order valence-corrected chi connectivity index (χ3v) is 4.82. The number of benzene rings is 1. The van der Waals surface area contributed by atoms with E-state index in [1.165, 1.54) is 23.1 Å². The van der Waals surface area contributed by atoms with Gasteiger partial charge in [0.25, 0.3) is 0 Å². The highest BCUT2D eigenvalue weighted by Gasteiger charge is 2.14. The fourth-order valence-corrected chi connectivity index (χ4v) is 3.47. The highest BCUT2D eigenvalue weighted by molar-refractivity contribution is 8.03. The smallest absolute Gasteiger partial charge is 0.180 e. The van der Waals surface area contributed by atoms with Crippen LogP contribution in [0.4, 0.5) is 14.5 Å². The van der Waals surface area contributed by atoms with E-state index < -0.39 is 11.6 Å². The van der Waals surface area contributed by atoms with E-state index in [1.54, 1.807) is 0 Å². The summed E-state index contributed by atoms with van der Waals surface area (Å²) in [6.07, 6.45) is 1.86. The van der Waals surface area contributed by atoms with E-state index >= 15 is 0 Å². The van der Waals surface area contributed by atoms with Gasteiger partial charge in [-0.05, 0) is 18.4 Å². The molecule has 0 amide bonds. The first-order valence-electron chi connectivity index (χ1n) is 4.40. The molecule has 1 heterocycles. The van der Waals surface area contributed by atoms with Gasteiger partial charge in [-0.2, -0.15) is 0 Å². The summed E-state index contributed by atoms with van der Waals surface area (Å²) in [6.45, 7) is 0. The van der Waals surface area contributed by atoms with Crippen LogP contribution in [0.25, 0.3) is 0 Å². The van der Waals surface area contributed by atoms with Gasteiger partial charge >= 0.3 is 0 Å². The molecule has 0 radical (unpaired) electrons. The van der Waals surface area contributed by atoms with Gasteiger partial charge in [-0.1, -0.05) is 34.9 Å². The van der Waals surface area contributed by atoms with Gasteiger partial charge in [0, 0.05) is 5.69 Å². The monoisotopic (exact) mass is 291 g/mol. The second kappa shape index (κ2) is 5.19. The van der Waals surface area contributed by atoms with Gasteiger partial charge < -0.3 is 5.73 Å². The number of nitrogens with zero attached hydrogens (tertiary/aromatic N) is 2. The lowest BCUT2D eigenvalue weighted by molar-refractivity contribution is 0.542.